The molecule has 3 nitrogen and oxygen atoms in total. The SMILES string of the molecule is Cc1nc(Cc2cccc(Cl)c2)sc1/C=C/C(=O)O. The Morgan fingerprint density at radius 2 is 2.32 bits per heavy atom. The molecule has 19 heavy (non-hydrogen) atoms. The number of aryl methyl sites for hydroxylation is 1. The normalized spacial score (nSPS) is 11.1. The minimum absolute atomic E-state index is 0.701. The number of hydrogen-bond donors (Lipinski definition) is 1. The van der Waals surface area contributed by atoms with E-state index in [2.05, 4.69) is 4.98 Å². The monoisotopic (exact) mass is 293 g/mol. The standard InChI is InChI=1S/C14H12ClNO2S/c1-9-12(5-6-14(17)18)19-13(16-9)8-10-3-2-4-11(15)7-10/h2-7H,8H2,1H3,(H,17,18)/b6-5+. The van der Waals surface area contributed by atoms with Crippen LogP contribution < -0.4 is 0 Å². The molecule has 0 aliphatic heterocycles. The molecule has 0 unspecified atom stereocenters. The van der Waals surface area contributed by atoms with E-state index in [0.717, 1.165) is 27.2 Å². The second-order valence-electron chi connectivity index (χ2n) is 4.04. The second kappa shape index (κ2) is 5.99. The lowest BCUT2D eigenvalue weighted by atomic mass is 10.2. The summed E-state index contributed by atoms with van der Waals surface area (Å²) in [6, 6.07) is 7.64. The Hall–Kier alpha value is -1.65. The fourth-order valence-electron chi connectivity index (χ4n) is 1.66. The van der Waals surface area contributed by atoms with Crippen LogP contribution in [-0.2, 0) is 11.2 Å². The third-order valence-corrected chi connectivity index (χ3v) is 3.86. The minimum Gasteiger partial charge on any atom is -0.478 e. The number of carboxylic acids is 1. The minimum atomic E-state index is -0.954. The number of aromatic nitrogens is 1. The predicted molar refractivity (Wildman–Crippen MR) is 77.8 cm³/mol. The van der Waals surface area contributed by atoms with E-state index in [-0.39, 0.29) is 0 Å². The van der Waals surface area contributed by atoms with Gasteiger partial charge in [0.1, 0.15) is 0 Å². The lowest BCUT2D eigenvalue weighted by Crippen LogP contribution is -1.87. The summed E-state index contributed by atoms with van der Waals surface area (Å²) in [6.45, 7) is 1.87. The van der Waals surface area contributed by atoms with Gasteiger partial charge in [-0.05, 0) is 30.7 Å². The number of rotatable bonds is 4. The number of halogens is 1. The van der Waals surface area contributed by atoms with Gasteiger partial charge < -0.3 is 5.11 Å². The van der Waals surface area contributed by atoms with Gasteiger partial charge in [0.25, 0.3) is 0 Å². The maximum absolute atomic E-state index is 10.5. The van der Waals surface area contributed by atoms with E-state index in [4.69, 9.17) is 16.7 Å². The van der Waals surface area contributed by atoms with Gasteiger partial charge in [0.15, 0.2) is 0 Å². The van der Waals surface area contributed by atoms with Gasteiger partial charge in [-0.15, -0.1) is 11.3 Å². The average Bonchev–Trinajstić information content (AvgIpc) is 2.67. The molecule has 2 aromatic rings. The van der Waals surface area contributed by atoms with E-state index < -0.39 is 5.97 Å². The fourth-order valence-corrected chi connectivity index (χ4v) is 2.88. The molecule has 98 valence electrons. The molecule has 1 N–H and O–H groups in total. The Morgan fingerprint density at radius 3 is 3.00 bits per heavy atom. The van der Waals surface area contributed by atoms with E-state index in [1.165, 1.54) is 11.3 Å². The molecule has 1 heterocycles. The molecule has 0 fully saturated rings. The highest BCUT2D eigenvalue weighted by molar-refractivity contribution is 7.12. The van der Waals surface area contributed by atoms with Crippen LogP contribution in [0.25, 0.3) is 6.08 Å². The zero-order valence-electron chi connectivity index (χ0n) is 10.3. The van der Waals surface area contributed by atoms with E-state index in [1.54, 1.807) is 6.08 Å². The van der Waals surface area contributed by atoms with Crippen LogP contribution in [0.15, 0.2) is 30.3 Å². The molecule has 0 aliphatic rings. The van der Waals surface area contributed by atoms with E-state index in [0.29, 0.717) is 11.4 Å². The molecule has 0 bridgehead atoms. The van der Waals surface area contributed by atoms with Gasteiger partial charge in [0.2, 0.25) is 0 Å². The van der Waals surface area contributed by atoms with Crippen molar-refractivity contribution in [3.8, 4) is 0 Å². The topological polar surface area (TPSA) is 50.2 Å². The number of aliphatic carboxylic acids is 1. The molecule has 0 spiro atoms. The number of nitrogens with zero attached hydrogens (tertiary/aromatic N) is 1. The maximum Gasteiger partial charge on any atom is 0.328 e. The smallest absolute Gasteiger partial charge is 0.328 e. The van der Waals surface area contributed by atoms with Crippen molar-refractivity contribution in [3.05, 3.63) is 56.5 Å². The molecule has 0 saturated heterocycles. The van der Waals surface area contributed by atoms with Crippen LogP contribution in [0.1, 0.15) is 21.1 Å². The van der Waals surface area contributed by atoms with Crippen LogP contribution in [-0.4, -0.2) is 16.1 Å². The highest BCUT2D eigenvalue weighted by atomic mass is 35.5. The van der Waals surface area contributed by atoms with Crippen LogP contribution in [0.2, 0.25) is 5.02 Å². The summed E-state index contributed by atoms with van der Waals surface area (Å²) in [7, 11) is 0. The van der Waals surface area contributed by atoms with Crippen molar-refractivity contribution in [2.45, 2.75) is 13.3 Å². The van der Waals surface area contributed by atoms with Gasteiger partial charge in [-0.1, -0.05) is 23.7 Å². The van der Waals surface area contributed by atoms with Crippen LogP contribution in [0.5, 0.6) is 0 Å². The first kappa shape index (κ1) is 13.8. The summed E-state index contributed by atoms with van der Waals surface area (Å²) >= 11 is 7.44. The van der Waals surface area contributed by atoms with E-state index >= 15 is 0 Å². The Bertz CT molecular complexity index is 634. The maximum atomic E-state index is 10.5. The predicted octanol–water partition coefficient (Wildman–Crippen LogP) is 3.79. The highest BCUT2D eigenvalue weighted by Crippen LogP contribution is 2.23. The summed E-state index contributed by atoms with van der Waals surface area (Å²) in [5.41, 5.74) is 1.94. The Morgan fingerprint density at radius 1 is 1.53 bits per heavy atom. The molecule has 5 heteroatoms. The van der Waals surface area contributed by atoms with Gasteiger partial charge >= 0.3 is 5.97 Å². The number of carbonyl (C=O) groups is 1. The molecule has 1 aromatic carbocycles. The number of hydrogen-bond acceptors (Lipinski definition) is 3. The van der Waals surface area contributed by atoms with Crippen LogP contribution in [0.4, 0.5) is 0 Å². The average molecular weight is 294 g/mol. The summed E-state index contributed by atoms with van der Waals surface area (Å²) in [5, 5.41) is 10.3. The molecule has 0 radical (unpaired) electrons. The lowest BCUT2D eigenvalue weighted by Gasteiger charge is -1.97. The third-order valence-electron chi connectivity index (χ3n) is 2.50. The Balaban J connectivity index is 2.18. The summed E-state index contributed by atoms with van der Waals surface area (Å²) in [4.78, 5) is 15.8. The van der Waals surface area contributed by atoms with Crippen LogP contribution >= 0.6 is 22.9 Å². The number of thiazole rings is 1. The first-order valence-corrected chi connectivity index (χ1v) is 6.86. The zero-order valence-corrected chi connectivity index (χ0v) is 11.8. The zero-order chi connectivity index (χ0) is 13.8. The van der Waals surface area contributed by atoms with Crippen molar-refractivity contribution >= 4 is 35.0 Å². The Kier molecular flexibility index (Phi) is 4.35. The third kappa shape index (κ3) is 3.91. The quantitative estimate of drug-likeness (QED) is 0.873. The summed E-state index contributed by atoms with van der Waals surface area (Å²) < 4.78 is 0. The van der Waals surface area contributed by atoms with E-state index in [9.17, 15) is 4.79 Å². The number of benzene rings is 1. The molecule has 2 rings (SSSR count). The van der Waals surface area contributed by atoms with Crippen molar-refractivity contribution in [1.29, 1.82) is 0 Å². The molecule has 0 atom stereocenters. The summed E-state index contributed by atoms with van der Waals surface area (Å²) in [5.74, 6) is -0.954. The largest absolute Gasteiger partial charge is 0.478 e. The lowest BCUT2D eigenvalue weighted by molar-refractivity contribution is -0.131. The van der Waals surface area contributed by atoms with Gasteiger partial charge in [-0.2, -0.15) is 0 Å². The Labute approximate surface area is 120 Å². The number of carboxylic acid groups (broad SMARTS) is 1. The second-order valence-corrected chi connectivity index (χ2v) is 5.59. The molecular formula is C14H12ClNO2S. The molecule has 0 aliphatic carbocycles. The van der Waals surface area contributed by atoms with E-state index in [1.807, 2.05) is 31.2 Å². The summed E-state index contributed by atoms with van der Waals surface area (Å²) in [6.07, 6.45) is 3.41. The van der Waals surface area contributed by atoms with Gasteiger partial charge in [0.05, 0.1) is 15.6 Å². The van der Waals surface area contributed by atoms with Crippen molar-refractivity contribution in [3.63, 3.8) is 0 Å². The highest BCUT2D eigenvalue weighted by Gasteiger charge is 2.06. The van der Waals surface area contributed by atoms with Crippen molar-refractivity contribution in [2.24, 2.45) is 0 Å². The van der Waals surface area contributed by atoms with Crippen molar-refractivity contribution < 1.29 is 9.90 Å². The van der Waals surface area contributed by atoms with Crippen molar-refractivity contribution in [1.82, 2.24) is 4.98 Å². The first-order chi connectivity index (χ1) is 9.04. The van der Waals surface area contributed by atoms with Crippen LogP contribution in [0, 0.1) is 6.92 Å². The van der Waals surface area contributed by atoms with Gasteiger partial charge in [-0.25, -0.2) is 9.78 Å². The first-order valence-electron chi connectivity index (χ1n) is 5.66. The van der Waals surface area contributed by atoms with Gasteiger partial charge in [-0.3, -0.25) is 0 Å². The van der Waals surface area contributed by atoms with Crippen LogP contribution in [0.3, 0.4) is 0 Å². The molecular weight excluding hydrogens is 282 g/mol. The van der Waals surface area contributed by atoms with Gasteiger partial charge in [0, 0.05) is 17.5 Å². The molecule has 0 amide bonds. The van der Waals surface area contributed by atoms with Crippen molar-refractivity contribution in [2.75, 3.05) is 0 Å². The fraction of sp³-hybridized carbons (Fsp3) is 0.143. The molecule has 1 aromatic heterocycles. The molecule has 0 saturated carbocycles.